The van der Waals surface area contributed by atoms with Gasteiger partial charge in [0.05, 0.1) is 11.0 Å². The Bertz CT molecular complexity index is 1090. The zero-order chi connectivity index (χ0) is 22.2. The number of carbonyl (C=O) groups is 2. The lowest BCUT2D eigenvalue weighted by Crippen LogP contribution is -2.34. The van der Waals surface area contributed by atoms with E-state index in [1.807, 2.05) is 54.0 Å². The number of aromatic nitrogens is 2. The largest absolute Gasteiger partial charge is 0.352 e. The molecule has 0 bridgehead atoms. The van der Waals surface area contributed by atoms with Gasteiger partial charge in [-0.1, -0.05) is 42.0 Å². The van der Waals surface area contributed by atoms with Crippen molar-refractivity contribution in [3.05, 3.63) is 90.8 Å². The molecule has 6 heteroatoms. The van der Waals surface area contributed by atoms with Crippen molar-refractivity contribution >= 4 is 22.8 Å². The molecule has 3 aromatic rings. The van der Waals surface area contributed by atoms with E-state index in [0.717, 1.165) is 22.4 Å². The Morgan fingerprint density at radius 3 is 2.55 bits per heavy atom. The summed E-state index contributed by atoms with van der Waals surface area (Å²) >= 11 is 0. The van der Waals surface area contributed by atoms with Crippen LogP contribution in [0.4, 0.5) is 0 Å². The number of benzene rings is 2. The topological polar surface area (TPSA) is 67.2 Å². The van der Waals surface area contributed by atoms with Crippen molar-refractivity contribution in [2.75, 3.05) is 19.6 Å². The summed E-state index contributed by atoms with van der Waals surface area (Å²) in [5.74, 6) is 0.606. The second-order valence-corrected chi connectivity index (χ2v) is 7.35. The minimum atomic E-state index is -0.120. The molecule has 2 amide bonds. The van der Waals surface area contributed by atoms with Crippen LogP contribution in [0.2, 0.25) is 0 Å². The van der Waals surface area contributed by atoms with E-state index in [1.165, 1.54) is 0 Å². The lowest BCUT2D eigenvalue weighted by atomic mass is 10.1. The first-order valence-corrected chi connectivity index (χ1v) is 10.3. The van der Waals surface area contributed by atoms with Gasteiger partial charge in [-0.05, 0) is 31.2 Å². The van der Waals surface area contributed by atoms with Crippen LogP contribution in [0.1, 0.15) is 21.7 Å². The van der Waals surface area contributed by atoms with Gasteiger partial charge in [0.15, 0.2) is 0 Å². The van der Waals surface area contributed by atoms with Crippen LogP contribution >= 0.6 is 0 Å². The van der Waals surface area contributed by atoms with Gasteiger partial charge in [0.2, 0.25) is 5.91 Å². The predicted molar refractivity (Wildman–Crippen MR) is 124 cm³/mol. The second-order valence-electron chi connectivity index (χ2n) is 7.35. The summed E-state index contributed by atoms with van der Waals surface area (Å²) in [6.07, 6.45) is 3.92. The zero-order valence-electron chi connectivity index (χ0n) is 17.9. The van der Waals surface area contributed by atoms with E-state index in [1.54, 1.807) is 23.1 Å². The maximum absolute atomic E-state index is 12.9. The third-order valence-corrected chi connectivity index (χ3v) is 4.99. The molecule has 2 aromatic carbocycles. The number of aryl methyl sites for hydroxylation is 1. The Morgan fingerprint density at radius 1 is 1.10 bits per heavy atom. The van der Waals surface area contributed by atoms with E-state index in [0.29, 0.717) is 31.6 Å². The molecule has 6 nitrogen and oxygen atoms in total. The van der Waals surface area contributed by atoms with Crippen molar-refractivity contribution in [3.8, 4) is 0 Å². The summed E-state index contributed by atoms with van der Waals surface area (Å²) in [5, 5.41) is 2.95. The number of nitrogens with zero attached hydrogens (tertiary/aromatic N) is 3. The Hall–Kier alpha value is -3.67. The summed E-state index contributed by atoms with van der Waals surface area (Å²) in [6, 6.07) is 15.2. The number of rotatable bonds is 10. The van der Waals surface area contributed by atoms with Crippen LogP contribution in [0, 0.1) is 6.92 Å². The highest BCUT2D eigenvalue weighted by atomic mass is 16.2. The van der Waals surface area contributed by atoms with Crippen LogP contribution in [-0.4, -0.2) is 45.9 Å². The molecule has 0 fully saturated rings. The van der Waals surface area contributed by atoms with E-state index in [2.05, 4.69) is 18.5 Å². The van der Waals surface area contributed by atoms with E-state index >= 15 is 0 Å². The lowest BCUT2D eigenvalue weighted by molar-refractivity contribution is -0.130. The van der Waals surface area contributed by atoms with E-state index in [9.17, 15) is 9.59 Å². The third kappa shape index (κ3) is 5.48. The van der Waals surface area contributed by atoms with Crippen molar-refractivity contribution < 1.29 is 9.59 Å². The normalized spacial score (nSPS) is 10.6. The molecule has 0 radical (unpaired) electrons. The fraction of sp³-hybridized carbons (Fsp3) is 0.240. The molecule has 0 saturated carbocycles. The zero-order valence-corrected chi connectivity index (χ0v) is 17.9. The molecule has 31 heavy (non-hydrogen) atoms. The van der Waals surface area contributed by atoms with Crippen molar-refractivity contribution in [1.29, 1.82) is 0 Å². The molecule has 1 N–H and O–H groups in total. The van der Waals surface area contributed by atoms with Crippen LogP contribution < -0.4 is 5.32 Å². The highest BCUT2D eigenvalue weighted by molar-refractivity contribution is 5.94. The Morgan fingerprint density at radius 2 is 1.84 bits per heavy atom. The molecule has 0 spiro atoms. The lowest BCUT2D eigenvalue weighted by Gasteiger charge is -2.20. The minimum absolute atomic E-state index is 0.0343. The monoisotopic (exact) mass is 416 g/mol. The molecular weight excluding hydrogens is 388 g/mol. The van der Waals surface area contributed by atoms with E-state index < -0.39 is 0 Å². The summed E-state index contributed by atoms with van der Waals surface area (Å²) < 4.78 is 1.93. The summed E-state index contributed by atoms with van der Waals surface area (Å²) in [6.45, 7) is 10.9. The Balaban J connectivity index is 1.75. The molecule has 0 aliphatic heterocycles. The van der Waals surface area contributed by atoms with Crippen molar-refractivity contribution in [2.45, 2.75) is 19.9 Å². The summed E-state index contributed by atoms with van der Waals surface area (Å²) in [4.78, 5) is 31.7. The second kappa shape index (κ2) is 10.4. The quantitative estimate of drug-likeness (QED) is 0.514. The predicted octanol–water partition coefficient (Wildman–Crippen LogP) is 3.52. The van der Waals surface area contributed by atoms with Gasteiger partial charge < -0.3 is 14.8 Å². The molecule has 0 atom stereocenters. The van der Waals surface area contributed by atoms with Crippen LogP contribution in [0.15, 0.2) is 73.8 Å². The van der Waals surface area contributed by atoms with Gasteiger partial charge in [-0.15, -0.1) is 13.2 Å². The molecule has 0 aliphatic rings. The molecule has 1 heterocycles. The molecule has 1 aromatic heterocycles. The first-order chi connectivity index (χ1) is 15.0. The smallest absolute Gasteiger partial charge is 0.251 e. The van der Waals surface area contributed by atoms with Gasteiger partial charge in [-0.2, -0.15) is 0 Å². The highest BCUT2D eigenvalue weighted by Crippen LogP contribution is 2.17. The number of amides is 2. The molecule has 160 valence electrons. The minimum Gasteiger partial charge on any atom is -0.352 e. The van der Waals surface area contributed by atoms with Crippen LogP contribution in [0.5, 0.6) is 0 Å². The number of imidazole rings is 1. The Labute approximate surface area is 182 Å². The molecular formula is C25H28N4O2. The number of hydrogen-bond acceptors (Lipinski definition) is 3. The molecule has 0 saturated heterocycles. The number of carbonyl (C=O) groups excluding carboxylic acids is 2. The van der Waals surface area contributed by atoms with Gasteiger partial charge in [-0.3, -0.25) is 9.59 Å². The summed E-state index contributed by atoms with van der Waals surface area (Å²) in [7, 11) is 0. The third-order valence-electron chi connectivity index (χ3n) is 4.99. The number of hydrogen-bond donors (Lipinski definition) is 1. The fourth-order valence-electron chi connectivity index (χ4n) is 3.49. The first kappa shape index (κ1) is 22.0. The van der Waals surface area contributed by atoms with Crippen LogP contribution in [0.3, 0.4) is 0 Å². The van der Waals surface area contributed by atoms with Crippen molar-refractivity contribution in [2.24, 2.45) is 0 Å². The highest BCUT2D eigenvalue weighted by Gasteiger charge is 2.17. The number of para-hydroxylation sites is 2. The van der Waals surface area contributed by atoms with Crippen molar-refractivity contribution in [3.63, 3.8) is 0 Å². The van der Waals surface area contributed by atoms with Gasteiger partial charge in [0, 0.05) is 31.6 Å². The number of fused-ring (bicyclic) bond motifs is 1. The van der Waals surface area contributed by atoms with Gasteiger partial charge >= 0.3 is 0 Å². The molecule has 0 unspecified atom stereocenters. The SMILES string of the molecule is C=CCN(CC=C)C(=O)Cn1c(CCNC(=O)c2cccc(C)c2)nc2ccccc21. The van der Waals surface area contributed by atoms with Gasteiger partial charge in [0.25, 0.3) is 5.91 Å². The van der Waals surface area contributed by atoms with Gasteiger partial charge in [-0.25, -0.2) is 4.98 Å². The Kier molecular flexibility index (Phi) is 7.38. The summed E-state index contributed by atoms with van der Waals surface area (Å²) in [5.41, 5.74) is 3.40. The standard InChI is InChI=1S/C25H28N4O2/c1-4-15-28(16-5-2)24(30)18-29-22-12-7-6-11-21(22)27-23(29)13-14-26-25(31)20-10-8-9-19(3)17-20/h4-12,17H,1-2,13-16,18H2,3H3,(H,26,31). The average Bonchev–Trinajstić information content (AvgIpc) is 3.10. The van der Waals surface area contributed by atoms with E-state index in [-0.39, 0.29) is 18.4 Å². The maximum Gasteiger partial charge on any atom is 0.251 e. The first-order valence-electron chi connectivity index (χ1n) is 10.3. The van der Waals surface area contributed by atoms with Gasteiger partial charge in [0.1, 0.15) is 12.4 Å². The fourth-order valence-corrected chi connectivity index (χ4v) is 3.49. The molecule has 0 aliphatic carbocycles. The maximum atomic E-state index is 12.9. The molecule has 3 rings (SSSR count). The van der Waals surface area contributed by atoms with E-state index in [4.69, 9.17) is 4.98 Å². The average molecular weight is 417 g/mol. The number of nitrogens with one attached hydrogen (secondary N) is 1. The van der Waals surface area contributed by atoms with Crippen LogP contribution in [-0.2, 0) is 17.8 Å². The van der Waals surface area contributed by atoms with Crippen molar-refractivity contribution in [1.82, 2.24) is 19.8 Å². The van der Waals surface area contributed by atoms with Crippen LogP contribution in [0.25, 0.3) is 11.0 Å².